The first-order valence-electron chi connectivity index (χ1n) is 10.6. The molecule has 0 aliphatic carbocycles. The van der Waals surface area contributed by atoms with Crippen molar-refractivity contribution in [2.75, 3.05) is 0 Å². The van der Waals surface area contributed by atoms with Gasteiger partial charge in [0, 0.05) is 23.3 Å². The van der Waals surface area contributed by atoms with E-state index >= 15 is 0 Å². The first kappa shape index (κ1) is 20.6. The van der Waals surface area contributed by atoms with E-state index in [0.717, 1.165) is 35.0 Å². The Morgan fingerprint density at radius 3 is 2.39 bits per heavy atom. The standard InChI is InChI=1S/C27H26N2O2/c1-19-11-15-22(16-12-19)24-18-23-10-6-7-17-29(23)25(24)26(30)27(31)28-20(2)13-14-21-8-4-3-5-9-21/h3-12,15-18,20H,13-14H2,1-2H3,(H,28,31)/t20-/m0/s1. The van der Waals surface area contributed by atoms with E-state index in [4.69, 9.17) is 0 Å². The molecule has 2 heterocycles. The number of hydrogen-bond acceptors (Lipinski definition) is 2. The maximum atomic E-state index is 13.3. The molecule has 0 radical (unpaired) electrons. The summed E-state index contributed by atoms with van der Waals surface area (Å²) in [6, 6.07) is 25.7. The first-order chi connectivity index (χ1) is 15.0. The molecule has 0 saturated heterocycles. The molecule has 2 aromatic carbocycles. The fourth-order valence-electron chi connectivity index (χ4n) is 3.81. The Morgan fingerprint density at radius 2 is 1.65 bits per heavy atom. The highest BCUT2D eigenvalue weighted by molar-refractivity contribution is 6.43. The number of benzene rings is 2. The summed E-state index contributed by atoms with van der Waals surface area (Å²) >= 11 is 0. The Labute approximate surface area is 182 Å². The number of carbonyl (C=O) groups excluding carboxylic acids is 2. The fourth-order valence-corrected chi connectivity index (χ4v) is 3.81. The average molecular weight is 411 g/mol. The second-order valence-electron chi connectivity index (χ2n) is 8.00. The van der Waals surface area contributed by atoms with E-state index in [1.165, 1.54) is 5.56 Å². The van der Waals surface area contributed by atoms with Crippen molar-refractivity contribution in [1.82, 2.24) is 9.72 Å². The molecule has 4 nitrogen and oxygen atoms in total. The Morgan fingerprint density at radius 1 is 0.935 bits per heavy atom. The number of Topliss-reactive ketones (excluding diaryl/α,β-unsaturated/α-hetero) is 1. The van der Waals surface area contributed by atoms with Crippen LogP contribution >= 0.6 is 0 Å². The summed E-state index contributed by atoms with van der Waals surface area (Å²) in [5.74, 6) is -1.09. The molecule has 4 aromatic rings. The van der Waals surface area contributed by atoms with Crippen molar-refractivity contribution in [2.45, 2.75) is 32.7 Å². The minimum absolute atomic E-state index is 0.106. The third-order valence-electron chi connectivity index (χ3n) is 5.55. The summed E-state index contributed by atoms with van der Waals surface area (Å²) in [6.07, 6.45) is 3.44. The summed E-state index contributed by atoms with van der Waals surface area (Å²) < 4.78 is 1.80. The number of ketones is 1. The molecular weight excluding hydrogens is 384 g/mol. The Balaban J connectivity index is 1.57. The number of nitrogens with one attached hydrogen (secondary N) is 1. The number of amides is 1. The number of rotatable bonds is 7. The van der Waals surface area contributed by atoms with E-state index < -0.39 is 11.7 Å². The maximum Gasteiger partial charge on any atom is 0.294 e. The summed E-state index contributed by atoms with van der Waals surface area (Å²) in [7, 11) is 0. The van der Waals surface area contributed by atoms with Crippen LogP contribution in [0.4, 0.5) is 0 Å². The molecule has 31 heavy (non-hydrogen) atoms. The van der Waals surface area contributed by atoms with Gasteiger partial charge in [0.05, 0.1) is 0 Å². The zero-order chi connectivity index (χ0) is 21.8. The van der Waals surface area contributed by atoms with Crippen LogP contribution in [-0.4, -0.2) is 22.1 Å². The molecule has 0 aliphatic heterocycles. The normalized spacial score (nSPS) is 11.9. The predicted molar refractivity (Wildman–Crippen MR) is 124 cm³/mol. The predicted octanol–water partition coefficient (Wildman–Crippen LogP) is 5.23. The number of hydrogen-bond donors (Lipinski definition) is 1. The third-order valence-corrected chi connectivity index (χ3v) is 5.55. The molecule has 0 bridgehead atoms. The van der Waals surface area contributed by atoms with Crippen molar-refractivity contribution in [3.05, 3.63) is 102 Å². The highest BCUT2D eigenvalue weighted by atomic mass is 16.2. The molecule has 0 fully saturated rings. The van der Waals surface area contributed by atoms with Gasteiger partial charge in [0.2, 0.25) is 0 Å². The van der Waals surface area contributed by atoms with Gasteiger partial charge in [-0.3, -0.25) is 9.59 Å². The number of nitrogens with zero attached hydrogens (tertiary/aromatic N) is 1. The topological polar surface area (TPSA) is 50.6 Å². The van der Waals surface area contributed by atoms with Gasteiger partial charge in [-0.2, -0.15) is 0 Å². The van der Waals surface area contributed by atoms with E-state index in [-0.39, 0.29) is 6.04 Å². The molecule has 1 N–H and O–H groups in total. The van der Waals surface area contributed by atoms with Gasteiger partial charge < -0.3 is 9.72 Å². The van der Waals surface area contributed by atoms with Gasteiger partial charge in [-0.25, -0.2) is 0 Å². The van der Waals surface area contributed by atoms with Gasteiger partial charge in [0.1, 0.15) is 5.69 Å². The Bertz CT molecular complexity index is 1210. The molecule has 0 spiro atoms. The quantitative estimate of drug-likeness (QED) is 0.335. The fraction of sp³-hybridized carbons (Fsp3) is 0.185. The lowest BCUT2D eigenvalue weighted by Gasteiger charge is -2.14. The SMILES string of the molecule is Cc1ccc(-c2cc3ccccn3c2C(=O)C(=O)N[C@@H](C)CCc2ccccc2)cc1. The lowest BCUT2D eigenvalue weighted by Crippen LogP contribution is -2.38. The Hall–Kier alpha value is -3.66. The van der Waals surface area contributed by atoms with Crippen LogP contribution in [-0.2, 0) is 11.2 Å². The minimum atomic E-state index is -0.572. The summed E-state index contributed by atoms with van der Waals surface area (Å²) in [5.41, 5.74) is 5.32. The monoisotopic (exact) mass is 410 g/mol. The summed E-state index contributed by atoms with van der Waals surface area (Å²) in [6.45, 7) is 3.96. The molecule has 156 valence electrons. The van der Waals surface area contributed by atoms with Gasteiger partial charge in [-0.15, -0.1) is 0 Å². The molecule has 2 aromatic heterocycles. The largest absolute Gasteiger partial charge is 0.347 e. The lowest BCUT2D eigenvalue weighted by atomic mass is 10.0. The van der Waals surface area contributed by atoms with Crippen molar-refractivity contribution in [1.29, 1.82) is 0 Å². The van der Waals surface area contributed by atoms with E-state index in [9.17, 15) is 9.59 Å². The van der Waals surface area contributed by atoms with Crippen LogP contribution in [0, 0.1) is 6.92 Å². The zero-order valence-corrected chi connectivity index (χ0v) is 17.8. The van der Waals surface area contributed by atoms with Crippen LogP contribution in [0.1, 0.15) is 35.0 Å². The molecule has 0 aliphatic rings. The van der Waals surface area contributed by atoms with Crippen LogP contribution in [0.25, 0.3) is 16.6 Å². The van der Waals surface area contributed by atoms with Crippen LogP contribution in [0.2, 0.25) is 0 Å². The minimum Gasteiger partial charge on any atom is -0.347 e. The van der Waals surface area contributed by atoms with E-state index in [0.29, 0.717) is 5.69 Å². The first-order valence-corrected chi connectivity index (χ1v) is 10.6. The average Bonchev–Trinajstić information content (AvgIpc) is 3.18. The summed E-state index contributed by atoms with van der Waals surface area (Å²) in [5, 5.41) is 2.89. The maximum absolute atomic E-state index is 13.3. The Kier molecular flexibility index (Phi) is 5.99. The number of aryl methyl sites for hydroxylation is 2. The van der Waals surface area contributed by atoms with Crippen LogP contribution in [0.5, 0.6) is 0 Å². The van der Waals surface area contributed by atoms with E-state index in [1.54, 1.807) is 4.40 Å². The molecular formula is C27H26N2O2. The lowest BCUT2D eigenvalue weighted by molar-refractivity contribution is -0.117. The number of fused-ring (bicyclic) bond motifs is 1. The smallest absolute Gasteiger partial charge is 0.294 e. The number of pyridine rings is 1. The van der Waals surface area contributed by atoms with E-state index in [1.807, 2.05) is 86.8 Å². The number of carbonyl (C=O) groups is 2. The van der Waals surface area contributed by atoms with Crippen molar-refractivity contribution in [3.8, 4) is 11.1 Å². The molecule has 1 amide bonds. The molecule has 0 unspecified atom stereocenters. The third kappa shape index (κ3) is 4.58. The van der Waals surface area contributed by atoms with Gasteiger partial charge in [-0.1, -0.05) is 66.2 Å². The molecule has 0 saturated carbocycles. The van der Waals surface area contributed by atoms with E-state index in [2.05, 4.69) is 17.4 Å². The second kappa shape index (κ2) is 9.00. The molecule has 1 atom stereocenters. The second-order valence-corrected chi connectivity index (χ2v) is 8.00. The summed E-state index contributed by atoms with van der Waals surface area (Å²) in [4.78, 5) is 26.1. The van der Waals surface area contributed by atoms with Gasteiger partial charge >= 0.3 is 0 Å². The molecule has 4 rings (SSSR count). The number of aromatic nitrogens is 1. The van der Waals surface area contributed by atoms with Crippen molar-refractivity contribution in [3.63, 3.8) is 0 Å². The molecule has 4 heteroatoms. The zero-order valence-electron chi connectivity index (χ0n) is 17.8. The van der Waals surface area contributed by atoms with Crippen molar-refractivity contribution >= 4 is 17.2 Å². The van der Waals surface area contributed by atoms with Crippen LogP contribution < -0.4 is 5.32 Å². The van der Waals surface area contributed by atoms with Gasteiger partial charge in [0.25, 0.3) is 11.7 Å². The van der Waals surface area contributed by atoms with Crippen molar-refractivity contribution < 1.29 is 9.59 Å². The van der Waals surface area contributed by atoms with Crippen molar-refractivity contribution in [2.24, 2.45) is 0 Å². The van der Waals surface area contributed by atoms with Crippen LogP contribution in [0.3, 0.4) is 0 Å². The highest BCUT2D eigenvalue weighted by Crippen LogP contribution is 2.28. The highest BCUT2D eigenvalue weighted by Gasteiger charge is 2.25. The van der Waals surface area contributed by atoms with Gasteiger partial charge in [0.15, 0.2) is 0 Å². The van der Waals surface area contributed by atoms with Crippen LogP contribution in [0.15, 0.2) is 85.1 Å². The van der Waals surface area contributed by atoms with Gasteiger partial charge in [-0.05, 0) is 56.0 Å².